The summed E-state index contributed by atoms with van der Waals surface area (Å²) in [7, 11) is 0. The maximum absolute atomic E-state index is 5.91. The van der Waals surface area contributed by atoms with Crippen LogP contribution in [0.4, 0.5) is 0 Å². The summed E-state index contributed by atoms with van der Waals surface area (Å²) in [5.41, 5.74) is 2.08. The minimum atomic E-state index is 0.755. The summed E-state index contributed by atoms with van der Waals surface area (Å²) in [6.45, 7) is 5.79. The van der Waals surface area contributed by atoms with Crippen molar-refractivity contribution < 1.29 is 4.74 Å². The van der Waals surface area contributed by atoms with Crippen LogP contribution in [0, 0.1) is 6.92 Å². The van der Waals surface area contributed by atoms with E-state index in [0.29, 0.717) is 0 Å². The van der Waals surface area contributed by atoms with Crippen LogP contribution in [0.1, 0.15) is 18.2 Å². The largest absolute Gasteiger partial charge is 0.457 e. The average molecular weight is 321 g/mol. The van der Waals surface area contributed by atoms with Gasteiger partial charge in [-0.15, -0.1) is 0 Å². The van der Waals surface area contributed by atoms with Crippen molar-refractivity contribution in [2.75, 3.05) is 6.54 Å². The third-order valence-corrected chi connectivity index (χ3v) is 3.22. The van der Waals surface area contributed by atoms with Crippen molar-refractivity contribution >= 4 is 15.9 Å². The summed E-state index contributed by atoms with van der Waals surface area (Å²) in [4.78, 5) is 4.31. The van der Waals surface area contributed by atoms with Gasteiger partial charge in [-0.2, -0.15) is 0 Å². The zero-order valence-electron chi connectivity index (χ0n) is 11.1. The van der Waals surface area contributed by atoms with Crippen LogP contribution < -0.4 is 10.1 Å². The zero-order chi connectivity index (χ0) is 13.7. The number of nitrogens with one attached hydrogen (secondary N) is 1. The van der Waals surface area contributed by atoms with Crippen LogP contribution in [0.2, 0.25) is 0 Å². The Kier molecular flexibility index (Phi) is 4.93. The second kappa shape index (κ2) is 6.68. The average Bonchev–Trinajstić information content (AvgIpc) is 2.41. The molecule has 1 N–H and O–H groups in total. The second-order valence-corrected chi connectivity index (χ2v) is 5.19. The molecule has 0 unspecified atom stereocenters. The molecule has 0 aliphatic rings. The first-order valence-corrected chi connectivity index (χ1v) is 7.08. The van der Waals surface area contributed by atoms with Crippen LogP contribution in [0.3, 0.4) is 0 Å². The van der Waals surface area contributed by atoms with Gasteiger partial charge in [0.1, 0.15) is 11.5 Å². The van der Waals surface area contributed by atoms with Crippen LogP contribution in [-0.4, -0.2) is 11.5 Å². The first-order chi connectivity index (χ1) is 9.19. The summed E-state index contributed by atoms with van der Waals surface area (Å²) >= 11 is 3.46. The van der Waals surface area contributed by atoms with E-state index in [0.717, 1.165) is 40.3 Å². The fourth-order valence-corrected chi connectivity index (χ4v) is 2.02. The molecule has 1 aromatic carbocycles. The molecule has 0 spiro atoms. The van der Waals surface area contributed by atoms with Gasteiger partial charge in [-0.05, 0) is 37.2 Å². The van der Waals surface area contributed by atoms with E-state index in [1.165, 1.54) is 0 Å². The highest BCUT2D eigenvalue weighted by molar-refractivity contribution is 9.10. The van der Waals surface area contributed by atoms with Crippen molar-refractivity contribution in [3.63, 3.8) is 0 Å². The molecule has 1 heterocycles. The van der Waals surface area contributed by atoms with E-state index in [-0.39, 0.29) is 0 Å². The molecule has 2 aromatic rings. The van der Waals surface area contributed by atoms with Crippen LogP contribution in [0.25, 0.3) is 0 Å². The molecule has 0 aliphatic heterocycles. The lowest BCUT2D eigenvalue weighted by Crippen LogP contribution is -2.12. The van der Waals surface area contributed by atoms with Gasteiger partial charge >= 0.3 is 0 Å². The fourth-order valence-electron chi connectivity index (χ4n) is 1.68. The van der Waals surface area contributed by atoms with Crippen molar-refractivity contribution in [2.45, 2.75) is 20.4 Å². The number of benzene rings is 1. The van der Waals surface area contributed by atoms with Crippen molar-refractivity contribution in [2.24, 2.45) is 0 Å². The minimum Gasteiger partial charge on any atom is -0.457 e. The summed E-state index contributed by atoms with van der Waals surface area (Å²) in [6.07, 6.45) is 1.77. The molecule has 2 rings (SSSR count). The Morgan fingerprint density at radius 2 is 2.11 bits per heavy atom. The lowest BCUT2D eigenvalue weighted by Gasteiger charge is -2.10. The predicted octanol–water partition coefficient (Wildman–Crippen LogP) is 4.05. The molecule has 0 fully saturated rings. The lowest BCUT2D eigenvalue weighted by molar-refractivity contribution is 0.476. The summed E-state index contributed by atoms with van der Waals surface area (Å²) in [6, 6.07) is 9.84. The highest BCUT2D eigenvalue weighted by Gasteiger charge is 2.04. The Bertz CT molecular complexity index is 558. The molecule has 100 valence electrons. The molecule has 0 amide bonds. The van der Waals surface area contributed by atoms with Crippen LogP contribution in [0.5, 0.6) is 11.5 Å². The molecule has 0 atom stereocenters. The summed E-state index contributed by atoms with van der Waals surface area (Å²) < 4.78 is 6.92. The quantitative estimate of drug-likeness (QED) is 0.902. The number of halogens is 1. The molecule has 19 heavy (non-hydrogen) atoms. The lowest BCUT2D eigenvalue weighted by atomic mass is 10.2. The highest BCUT2D eigenvalue weighted by Crippen LogP contribution is 2.28. The van der Waals surface area contributed by atoms with E-state index in [2.05, 4.69) is 33.2 Å². The van der Waals surface area contributed by atoms with E-state index in [1.807, 2.05) is 37.3 Å². The van der Waals surface area contributed by atoms with Gasteiger partial charge in [0.25, 0.3) is 0 Å². The van der Waals surface area contributed by atoms with Gasteiger partial charge in [0.05, 0.1) is 5.69 Å². The smallest absolute Gasteiger partial charge is 0.131 e. The van der Waals surface area contributed by atoms with Gasteiger partial charge in [0.15, 0.2) is 0 Å². The predicted molar refractivity (Wildman–Crippen MR) is 80.6 cm³/mol. The minimum absolute atomic E-state index is 0.755. The molecular weight excluding hydrogens is 304 g/mol. The van der Waals surface area contributed by atoms with Gasteiger partial charge in [-0.25, -0.2) is 0 Å². The SMILES string of the molecule is CCNCc1cc(Oc2cc(Br)ccc2C)ccn1. The van der Waals surface area contributed by atoms with Crippen molar-refractivity contribution in [3.8, 4) is 11.5 Å². The molecule has 4 heteroatoms. The molecule has 3 nitrogen and oxygen atoms in total. The number of hydrogen-bond acceptors (Lipinski definition) is 3. The number of nitrogens with zero attached hydrogens (tertiary/aromatic N) is 1. The molecule has 0 saturated heterocycles. The molecular formula is C15H17BrN2O. The number of pyridine rings is 1. The van der Waals surface area contributed by atoms with Gasteiger partial charge in [-0.1, -0.05) is 28.9 Å². The van der Waals surface area contributed by atoms with E-state index in [4.69, 9.17) is 4.74 Å². The van der Waals surface area contributed by atoms with Crippen molar-refractivity contribution in [3.05, 3.63) is 52.3 Å². The molecule has 0 aliphatic carbocycles. The van der Waals surface area contributed by atoms with Crippen LogP contribution >= 0.6 is 15.9 Å². The normalized spacial score (nSPS) is 10.5. The van der Waals surface area contributed by atoms with E-state index < -0.39 is 0 Å². The Morgan fingerprint density at radius 1 is 1.26 bits per heavy atom. The Hall–Kier alpha value is -1.39. The van der Waals surface area contributed by atoms with E-state index in [1.54, 1.807) is 6.20 Å². The molecule has 1 aromatic heterocycles. The molecule has 0 saturated carbocycles. The van der Waals surface area contributed by atoms with Gasteiger partial charge in [0.2, 0.25) is 0 Å². The standard InChI is InChI=1S/C15H17BrN2O/c1-3-17-10-13-9-14(6-7-18-13)19-15-8-12(16)5-4-11(15)2/h4-9,17H,3,10H2,1-2H3. The third-order valence-electron chi connectivity index (χ3n) is 2.72. The zero-order valence-corrected chi connectivity index (χ0v) is 12.7. The monoisotopic (exact) mass is 320 g/mol. The maximum atomic E-state index is 5.91. The van der Waals surface area contributed by atoms with Gasteiger partial charge in [-0.3, -0.25) is 4.98 Å². The Balaban J connectivity index is 2.16. The number of rotatable bonds is 5. The summed E-state index contributed by atoms with van der Waals surface area (Å²) in [5.74, 6) is 1.67. The van der Waals surface area contributed by atoms with Gasteiger partial charge < -0.3 is 10.1 Å². The van der Waals surface area contributed by atoms with E-state index >= 15 is 0 Å². The first kappa shape index (κ1) is 14.0. The topological polar surface area (TPSA) is 34.1 Å². The number of ether oxygens (including phenoxy) is 1. The van der Waals surface area contributed by atoms with Crippen LogP contribution in [0.15, 0.2) is 41.0 Å². The highest BCUT2D eigenvalue weighted by atomic mass is 79.9. The summed E-state index contributed by atoms with van der Waals surface area (Å²) in [5, 5.41) is 3.25. The van der Waals surface area contributed by atoms with Crippen molar-refractivity contribution in [1.29, 1.82) is 0 Å². The first-order valence-electron chi connectivity index (χ1n) is 6.28. The Labute approximate surface area is 122 Å². The Morgan fingerprint density at radius 3 is 2.89 bits per heavy atom. The van der Waals surface area contributed by atoms with Crippen LogP contribution in [-0.2, 0) is 6.54 Å². The number of aromatic nitrogens is 1. The van der Waals surface area contributed by atoms with Crippen molar-refractivity contribution in [1.82, 2.24) is 10.3 Å². The second-order valence-electron chi connectivity index (χ2n) is 4.28. The van der Waals surface area contributed by atoms with Gasteiger partial charge in [0, 0.05) is 23.3 Å². The molecule has 0 bridgehead atoms. The fraction of sp³-hybridized carbons (Fsp3) is 0.267. The molecule has 0 radical (unpaired) electrons. The number of hydrogen-bond donors (Lipinski definition) is 1. The number of aryl methyl sites for hydroxylation is 1. The van der Waals surface area contributed by atoms with E-state index in [9.17, 15) is 0 Å². The maximum Gasteiger partial charge on any atom is 0.131 e. The third kappa shape index (κ3) is 4.04.